The summed E-state index contributed by atoms with van der Waals surface area (Å²) >= 11 is 1.36. The van der Waals surface area contributed by atoms with Crippen LogP contribution in [0.1, 0.15) is 31.6 Å². The minimum atomic E-state index is -3.35. The quantitative estimate of drug-likeness (QED) is 0.877. The molecular formula is C14H24N2O2S2. The van der Waals surface area contributed by atoms with Crippen molar-refractivity contribution in [2.24, 2.45) is 5.92 Å². The van der Waals surface area contributed by atoms with Crippen molar-refractivity contribution >= 4 is 21.4 Å². The van der Waals surface area contributed by atoms with Crippen LogP contribution < -0.4 is 5.32 Å². The summed E-state index contributed by atoms with van der Waals surface area (Å²) in [6, 6.07) is 3.90. The Morgan fingerprint density at radius 1 is 1.45 bits per heavy atom. The Balaban J connectivity index is 2.19. The lowest BCUT2D eigenvalue weighted by atomic mass is 10.2. The molecule has 1 unspecified atom stereocenters. The second kappa shape index (κ2) is 6.56. The third kappa shape index (κ3) is 3.81. The summed E-state index contributed by atoms with van der Waals surface area (Å²) in [6.45, 7) is 8.22. The second-order valence-corrected chi connectivity index (χ2v) is 9.33. The minimum absolute atomic E-state index is 0.296. The average Bonchev–Trinajstić information content (AvgIpc) is 2.99. The largest absolute Gasteiger partial charge is 0.313 e. The van der Waals surface area contributed by atoms with Crippen LogP contribution in [0.2, 0.25) is 0 Å². The number of aryl methyl sites for hydroxylation is 1. The molecule has 6 heteroatoms. The van der Waals surface area contributed by atoms with Crippen LogP contribution in [0.4, 0.5) is 0 Å². The minimum Gasteiger partial charge on any atom is -0.313 e. The van der Waals surface area contributed by atoms with E-state index in [0.29, 0.717) is 29.3 Å². The first-order chi connectivity index (χ1) is 9.39. The van der Waals surface area contributed by atoms with Gasteiger partial charge in [0.1, 0.15) is 4.21 Å². The second-order valence-electron chi connectivity index (χ2n) is 5.87. The van der Waals surface area contributed by atoms with E-state index in [9.17, 15) is 8.42 Å². The Morgan fingerprint density at radius 2 is 2.20 bits per heavy atom. The van der Waals surface area contributed by atoms with E-state index >= 15 is 0 Å². The van der Waals surface area contributed by atoms with Crippen molar-refractivity contribution in [2.45, 2.75) is 43.9 Å². The molecule has 1 atom stereocenters. The highest BCUT2D eigenvalue weighted by Gasteiger charge is 2.29. The van der Waals surface area contributed by atoms with Crippen LogP contribution in [0.15, 0.2) is 16.3 Å². The predicted molar refractivity (Wildman–Crippen MR) is 83.7 cm³/mol. The van der Waals surface area contributed by atoms with Crippen molar-refractivity contribution in [3.8, 4) is 0 Å². The Labute approximate surface area is 126 Å². The average molecular weight is 316 g/mol. The van der Waals surface area contributed by atoms with Gasteiger partial charge in [0.25, 0.3) is 10.0 Å². The van der Waals surface area contributed by atoms with E-state index in [2.05, 4.69) is 19.2 Å². The first kappa shape index (κ1) is 15.9. The van der Waals surface area contributed by atoms with Crippen LogP contribution in [-0.2, 0) is 10.0 Å². The van der Waals surface area contributed by atoms with Gasteiger partial charge in [-0.2, -0.15) is 4.31 Å². The maximum absolute atomic E-state index is 12.8. The van der Waals surface area contributed by atoms with Crippen LogP contribution in [-0.4, -0.2) is 38.4 Å². The fourth-order valence-corrected chi connectivity index (χ4v) is 5.60. The highest BCUT2D eigenvalue weighted by Crippen LogP contribution is 2.25. The molecule has 1 aliphatic heterocycles. The highest BCUT2D eigenvalue weighted by molar-refractivity contribution is 7.91. The molecule has 0 amide bonds. The highest BCUT2D eigenvalue weighted by atomic mass is 32.2. The van der Waals surface area contributed by atoms with Crippen molar-refractivity contribution in [3.05, 3.63) is 17.0 Å². The Morgan fingerprint density at radius 3 is 2.70 bits per heavy atom. The predicted octanol–water partition coefficient (Wildman–Crippen LogP) is 2.46. The Kier molecular flexibility index (Phi) is 5.23. The molecule has 0 spiro atoms. The molecule has 1 aromatic rings. The van der Waals surface area contributed by atoms with Gasteiger partial charge in [0.15, 0.2) is 0 Å². The van der Waals surface area contributed by atoms with E-state index in [4.69, 9.17) is 0 Å². The van der Waals surface area contributed by atoms with E-state index < -0.39 is 10.0 Å². The lowest BCUT2D eigenvalue weighted by Crippen LogP contribution is -2.42. The fraction of sp³-hybridized carbons (Fsp3) is 0.714. The van der Waals surface area contributed by atoms with Crippen LogP contribution in [0.25, 0.3) is 0 Å². The summed E-state index contributed by atoms with van der Waals surface area (Å²) in [5, 5.41) is 3.39. The number of hydrogen-bond donors (Lipinski definition) is 1. The number of rotatable bonds is 6. The van der Waals surface area contributed by atoms with Crippen molar-refractivity contribution in [2.75, 3.05) is 19.6 Å². The third-order valence-electron chi connectivity index (χ3n) is 3.47. The summed E-state index contributed by atoms with van der Waals surface area (Å²) in [7, 11) is -3.35. The molecule has 1 fully saturated rings. The molecule has 4 nitrogen and oxygen atoms in total. The van der Waals surface area contributed by atoms with E-state index in [1.165, 1.54) is 11.3 Å². The zero-order valence-corrected chi connectivity index (χ0v) is 14.1. The smallest absolute Gasteiger partial charge is 0.252 e. The molecule has 20 heavy (non-hydrogen) atoms. The van der Waals surface area contributed by atoms with E-state index in [1.54, 1.807) is 10.4 Å². The maximum atomic E-state index is 12.8. The molecule has 1 N–H and O–H groups in total. The lowest BCUT2D eigenvalue weighted by molar-refractivity contribution is 0.337. The summed E-state index contributed by atoms with van der Waals surface area (Å²) in [5.41, 5.74) is 0. The number of sulfonamides is 1. The van der Waals surface area contributed by atoms with Gasteiger partial charge < -0.3 is 5.32 Å². The van der Waals surface area contributed by atoms with E-state index in [1.807, 2.05) is 13.0 Å². The van der Waals surface area contributed by atoms with Gasteiger partial charge in [-0.3, -0.25) is 0 Å². The third-order valence-corrected chi connectivity index (χ3v) is 6.76. The van der Waals surface area contributed by atoms with Crippen LogP contribution in [0.5, 0.6) is 0 Å². The van der Waals surface area contributed by atoms with Gasteiger partial charge in [-0.15, -0.1) is 11.3 Å². The van der Waals surface area contributed by atoms with Crippen LogP contribution in [0.3, 0.4) is 0 Å². The monoisotopic (exact) mass is 316 g/mol. The first-order valence-corrected chi connectivity index (χ1v) is 9.45. The van der Waals surface area contributed by atoms with E-state index in [-0.39, 0.29) is 0 Å². The molecule has 0 aliphatic carbocycles. The molecule has 0 aromatic carbocycles. The number of nitrogens with one attached hydrogen (secondary N) is 1. The topological polar surface area (TPSA) is 49.4 Å². The number of nitrogens with zero attached hydrogens (tertiary/aromatic N) is 1. The molecule has 2 rings (SSSR count). The summed E-state index contributed by atoms with van der Waals surface area (Å²) < 4.78 is 27.7. The van der Waals surface area contributed by atoms with Gasteiger partial charge in [0.05, 0.1) is 0 Å². The molecule has 0 saturated carbocycles. The van der Waals surface area contributed by atoms with Crippen LogP contribution >= 0.6 is 11.3 Å². The normalized spacial score (nSPS) is 20.1. The zero-order valence-electron chi connectivity index (χ0n) is 12.4. The van der Waals surface area contributed by atoms with Crippen molar-refractivity contribution in [1.82, 2.24) is 9.62 Å². The summed E-state index contributed by atoms with van der Waals surface area (Å²) in [5.74, 6) is 0.326. The van der Waals surface area contributed by atoms with Crippen molar-refractivity contribution < 1.29 is 8.42 Å². The van der Waals surface area contributed by atoms with Gasteiger partial charge in [-0.05, 0) is 44.4 Å². The Hall–Kier alpha value is -0.430. The Bertz CT molecular complexity index is 531. The van der Waals surface area contributed by atoms with Crippen LogP contribution in [0, 0.1) is 12.8 Å². The molecule has 1 aromatic heterocycles. The van der Waals surface area contributed by atoms with Gasteiger partial charge in [0.2, 0.25) is 0 Å². The van der Waals surface area contributed by atoms with Gasteiger partial charge in [0, 0.05) is 24.0 Å². The molecule has 1 aliphatic rings. The standard InChI is InChI=1S/C14H24N2O2S2/c1-11(2)9-16(10-13-5-4-8-15-13)20(17,18)14-7-6-12(3)19-14/h6-7,11,13,15H,4-5,8-10H2,1-3H3. The van der Waals surface area contributed by atoms with Crippen molar-refractivity contribution in [3.63, 3.8) is 0 Å². The number of thiophene rings is 1. The molecule has 0 radical (unpaired) electrons. The van der Waals surface area contributed by atoms with Gasteiger partial charge >= 0.3 is 0 Å². The van der Waals surface area contributed by atoms with Crippen molar-refractivity contribution in [1.29, 1.82) is 0 Å². The maximum Gasteiger partial charge on any atom is 0.252 e. The molecular weight excluding hydrogens is 292 g/mol. The lowest BCUT2D eigenvalue weighted by Gasteiger charge is -2.26. The molecule has 0 bridgehead atoms. The molecule has 114 valence electrons. The summed E-state index contributed by atoms with van der Waals surface area (Å²) in [4.78, 5) is 1.03. The van der Waals surface area contributed by atoms with Gasteiger partial charge in [-0.1, -0.05) is 13.8 Å². The number of hydrogen-bond acceptors (Lipinski definition) is 4. The first-order valence-electron chi connectivity index (χ1n) is 7.19. The SMILES string of the molecule is Cc1ccc(S(=O)(=O)N(CC(C)C)CC2CCCN2)s1. The fourth-order valence-electron chi connectivity index (χ4n) is 2.51. The molecule has 1 saturated heterocycles. The zero-order chi connectivity index (χ0) is 14.8. The summed E-state index contributed by atoms with van der Waals surface area (Å²) in [6.07, 6.45) is 2.20. The van der Waals surface area contributed by atoms with E-state index in [0.717, 1.165) is 24.3 Å². The molecule has 2 heterocycles. The van der Waals surface area contributed by atoms with Gasteiger partial charge in [-0.25, -0.2) is 8.42 Å².